The Morgan fingerprint density at radius 3 is 2.56 bits per heavy atom. The number of rotatable bonds is 7. The fraction of sp³-hybridized carbons (Fsp3) is 0.750. The van der Waals surface area contributed by atoms with Crippen molar-refractivity contribution in [2.75, 3.05) is 33.8 Å². The highest BCUT2D eigenvalue weighted by Gasteiger charge is 2.18. The average Bonchev–Trinajstić information content (AvgIpc) is 2.17. The minimum atomic E-state index is -0.281. The van der Waals surface area contributed by atoms with Gasteiger partial charge >= 0.3 is 5.97 Å². The first-order valence-corrected chi connectivity index (χ1v) is 5.61. The lowest BCUT2D eigenvalue weighted by Crippen LogP contribution is -2.46. The molecular weight excluding hydrogens is 204 g/mol. The first kappa shape index (κ1) is 15.1. The quantitative estimate of drug-likeness (QED) is 0.401. The molecule has 0 heterocycles. The smallest absolute Gasteiger partial charge is 0.330 e. The van der Waals surface area contributed by atoms with E-state index < -0.39 is 0 Å². The van der Waals surface area contributed by atoms with Gasteiger partial charge in [-0.1, -0.05) is 6.08 Å². The van der Waals surface area contributed by atoms with E-state index in [4.69, 9.17) is 4.74 Å². The molecule has 0 unspecified atom stereocenters. The fourth-order valence-electron chi connectivity index (χ4n) is 0.965. The first-order valence-electron chi connectivity index (χ1n) is 5.61. The molecule has 0 bridgehead atoms. The molecule has 0 spiro atoms. The summed E-state index contributed by atoms with van der Waals surface area (Å²) in [5.74, 6) is -0.281. The number of nitrogens with zero attached hydrogens (tertiary/aromatic N) is 1. The van der Waals surface area contributed by atoms with Crippen LogP contribution in [-0.2, 0) is 9.53 Å². The van der Waals surface area contributed by atoms with Crippen LogP contribution in [0.25, 0.3) is 0 Å². The van der Waals surface area contributed by atoms with Gasteiger partial charge in [-0.2, -0.15) is 0 Å². The summed E-state index contributed by atoms with van der Waals surface area (Å²) in [6.07, 6.45) is 3.24. The second-order valence-electron chi connectivity index (χ2n) is 4.49. The minimum absolute atomic E-state index is 0.109. The van der Waals surface area contributed by atoms with E-state index in [-0.39, 0.29) is 11.5 Å². The molecule has 0 aromatic rings. The minimum Gasteiger partial charge on any atom is -0.463 e. The van der Waals surface area contributed by atoms with E-state index in [0.717, 1.165) is 6.54 Å². The Morgan fingerprint density at radius 2 is 2.06 bits per heavy atom. The van der Waals surface area contributed by atoms with Gasteiger partial charge in [-0.3, -0.25) is 0 Å². The normalized spacial score (nSPS) is 12.4. The van der Waals surface area contributed by atoms with Crippen LogP contribution in [0.15, 0.2) is 12.2 Å². The molecule has 0 aliphatic carbocycles. The van der Waals surface area contributed by atoms with Crippen molar-refractivity contribution in [2.45, 2.75) is 26.3 Å². The molecule has 0 atom stereocenters. The van der Waals surface area contributed by atoms with Gasteiger partial charge in [0.1, 0.15) is 0 Å². The molecular formula is C12H24N2O2. The van der Waals surface area contributed by atoms with E-state index in [0.29, 0.717) is 13.2 Å². The number of ether oxygens (including phenoxy) is 1. The topological polar surface area (TPSA) is 41.6 Å². The van der Waals surface area contributed by atoms with Crippen molar-refractivity contribution in [2.24, 2.45) is 0 Å². The monoisotopic (exact) mass is 228 g/mol. The Kier molecular flexibility index (Phi) is 7.01. The molecule has 94 valence electrons. The summed E-state index contributed by atoms with van der Waals surface area (Å²) >= 11 is 0. The second kappa shape index (κ2) is 7.41. The van der Waals surface area contributed by atoms with Gasteiger partial charge in [0.15, 0.2) is 0 Å². The molecule has 0 aromatic carbocycles. The van der Waals surface area contributed by atoms with Crippen LogP contribution in [0.3, 0.4) is 0 Å². The summed E-state index contributed by atoms with van der Waals surface area (Å²) in [5.41, 5.74) is 0.109. The van der Waals surface area contributed by atoms with Crippen LogP contribution < -0.4 is 5.32 Å². The standard InChI is InChI=1S/C12H24N2O2/c1-6-16-11(15)8-7-9-13-10-12(2,3)14(4)5/h7-8,13H,6,9-10H2,1-5H3/b8-7+. The Morgan fingerprint density at radius 1 is 1.44 bits per heavy atom. The van der Waals surface area contributed by atoms with Gasteiger partial charge in [-0.15, -0.1) is 0 Å². The van der Waals surface area contributed by atoms with Crippen molar-refractivity contribution >= 4 is 5.97 Å². The summed E-state index contributed by atoms with van der Waals surface area (Å²) < 4.78 is 4.77. The lowest BCUT2D eigenvalue weighted by Gasteiger charge is -2.32. The molecule has 0 rings (SSSR count). The van der Waals surface area contributed by atoms with Crippen molar-refractivity contribution < 1.29 is 9.53 Å². The Labute approximate surface area is 98.6 Å². The van der Waals surface area contributed by atoms with E-state index in [1.165, 1.54) is 6.08 Å². The van der Waals surface area contributed by atoms with Crippen molar-refractivity contribution in [3.8, 4) is 0 Å². The van der Waals surface area contributed by atoms with Gasteiger partial charge in [0, 0.05) is 24.7 Å². The van der Waals surface area contributed by atoms with E-state index in [1.807, 2.05) is 0 Å². The molecule has 0 aromatic heterocycles. The molecule has 4 heteroatoms. The van der Waals surface area contributed by atoms with E-state index in [1.54, 1.807) is 13.0 Å². The number of carbonyl (C=O) groups excluding carboxylic acids is 1. The van der Waals surface area contributed by atoms with Gasteiger partial charge in [0.2, 0.25) is 0 Å². The summed E-state index contributed by atoms with van der Waals surface area (Å²) in [4.78, 5) is 13.1. The van der Waals surface area contributed by atoms with Crippen LogP contribution in [-0.4, -0.2) is 50.2 Å². The van der Waals surface area contributed by atoms with Crippen molar-refractivity contribution in [1.82, 2.24) is 10.2 Å². The summed E-state index contributed by atoms with van der Waals surface area (Å²) in [5, 5.41) is 3.27. The largest absolute Gasteiger partial charge is 0.463 e. The van der Waals surface area contributed by atoms with Crippen molar-refractivity contribution in [3.05, 3.63) is 12.2 Å². The van der Waals surface area contributed by atoms with Gasteiger partial charge in [-0.05, 0) is 34.9 Å². The van der Waals surface area contributed by atoms with Crippen molar-refractivity contribution in [3.63, 3.8) is 0 Å². The molecule has 0 fully saturated rings. The maximum absolute atomic E-state index is 11.0. The van der Waals surface area contributed by atoms with Crippen LogP contribution in [0, 0.1) is 0 Å². The van der Waals surface area contributed by atoms with Crippen LogP contribution in [0.4, 0.5) is 0 Å². The second-order valence-corrected chi connectivity index (χ2v) is 4.49. The first-order chi connectivity index (χ1) is 7.40. The lowest BCUT2D eigenvalue weighted by molar-refractivity contribution is -0.137. The van der Waals surface area contributed by atoms with Crippen LogP contribution in [0.1, 0.15) is 20.8 Å². The number of likely N-dealkylation sites (N-methyl/N-ethyl adjacent to an activating group) is 1. The predicted molar refractivity (Wildman–Crippen MR) is 66.4 cm³/mol. The molecule has 0 aliphatic heterocycles. The highest BCUT2D eigenvalue weighted by Crippen LogP contribution is 2.07. The molecule has 0 aliphatic rings. The molecule has 0 radical (unpaired) electrons. The fourth-order valence-corrected chi connectivity index (χ4v) is 0.965. The van der Waals surface area contributed by atoms with E-state index in [9.17, 15) is 4.79 Å². The Balaban J connectivity index is 3.72. The van der Waals surface area contributed by atoms with Crippen LogP contribution >= 0.6 is 0 Å². The Bertz CT molecular complexity index is 235. The molecule has 4 nitrogen and oxygen atoms in total. The Hall–Kier alpha value is -0.870. The number of carbonyl (C=O) groups is 1. The third-order valence-corrected chi connectivity index (χ3v) is 2.57. The number of nitrogens with one attached hydrogen (secondary N) is 1. The lowest BCUT2D eigenvalue weighted by atomic mass is 10.0. The van der Waals surface area contributed by atoms with Gasteiger partial charge < -0.3 is 15.0 Å². The zero-order valence-corrected chi connectivity index (χ0v) is 11.0. The SMILES string of the molecule is CCOC(=O)/C=C/CNCC(C)(C)N(C)C. The predicted octanol–water partition coefficient (Wildman–Crippen LogP) is 1.04. The van der Waals surface area contributed by atoms with Gasteiger partial charge in [0.25, 0.3) is 0 Å². The van der Waals surface area contributed by atoms with Crippen LogP contribution in [0.5, 0.6) is 0 Å². The maximum Gasteiger partial charge on any atom is 0.330 e. The molecule has 0 saturated carbocycles. The summed E-state index contributed by atoms with van der Waals surface area (Å²) in [6, 6.07) is 0. The number of esters is 1. The van der Waals surface area contributed by atoms with Gasteiger partial charge in [0.05, 0.1) is 6.61 Å². The highest BCUT2D eigenvalue weighted by molar-refractivity contribution is 5.81. The number of hydrogen-bond acceptors (Lipinski definition) is 4. The molecule has 16 heavy (non-hydrogen) atoms. The zero-order chi connectivity index (χ0) is 12.6. The zero-order valence-electron chi connectivity index (χ0n) is 11.0. The average molecular weight is 228 g/mol. The molecule has 1 N–H and O–H groups in total. The van der Waals surface area contributed by atoms with Gasteiger partial charge in [-0.25, -0.2) is 4.79 Å². The molecule has 0 amide bonds. The molecule has 0 saturated heterocycles. The van der Waals surface area contributed by atoms with E-state index in [2.05, 4.69) is 38.2 Å². The highest BCUT2D eigenvalue weighted by atomic mass is 16.5. The van der Waals surface area contributed by atoms with Crippen LogP contribution in [0.2, 0.25) is 0 Å². The van der Waals surface area contributed by atoms with Crippen molar-refractivity contribution in [1.29, 1.82) is 0 Å². The van der Waals surface area contributed by atoms with E-state index >= 15 is 0 Å². The summed E-state index contributed by atoms with van der Waals surface area (Å²) in [7, 11) is 4.10. The maximum atomic E-state index is 11.0. The third-order valence-electron chi connectivity index (χ3n) is 2.57. The third kappa shape index (κ3) is 6.58. The summed E-state index contributed by atoms with van der Waals surface area (Å²) in [6.45, 7) is 8.08. The number of hydrogen-bond donors (Lipinski definition) is 1.